The molecule has 0 aliphatic carbocycles. The van der Waals surface area contributed by atoms with Gasteiger partial charge in [-0.1, -0.05) is 23.7 Å². The first-order valence-electron chi connectivity index (χ1n) is 6.24. The molecule has 21 heavy (non-hydrogen) atoms. The molecule has 7 heteroatoms. The summed E-state index contributed by atoms with van der Waals surface area (Å²) in [4.78, 5) is 20.2. The summed E-state index contributed by atoms with van der Waals surface area (Å²) in [6.45, 7) is 1.77. The minimum absolute atomic E-state index is 0.0973. The van der Waals surface area contributed by atoms with E-state index in [1.165, 1.54) is 13.2 Å². The molecule has 1 heterocycles. The van der Waals surface area contributed by atoms with E-state index in [0.717, 1.165) is 5.56 Å². The summed E-state index contributed by atoms with van der Waals surface area (Å²) >= 11 is 5.83. The standard InChI is InChI=1S/C14H15ClN4O2/c1-8(9-4-3-5-10(16)6-9)13(20)19-14-17-11(15)7-12(18-14)21-2/h3-8H,16H2,1-2H3,(H,17,18,19,20). The highest BCUT2D eigenvalue weighted by atomic mass is 35.5. The number of halogens is 1. The lowest BCUT2D eigenvalue weighted by Crippen LogP contribution is -2.20. The molecule has 0 aliphatic heterocycles. The lowest BCUT2D eigenvalue weighted by molar-refractivity contribution is -0.117. The Morgan fingerprint density at radius 2 is 2.14 bits per heavy atom. The SMILES string of the molecule is COc1cc(Cl)nc(NC(=O)C(C)c2cccc(N)c2)n1. The summed E-state index contributed by atoms with van der Waals surface area (Å²) in [5.41, 5.74) is 7.13. The lowest BCUT2D eigenvalue weighted by Gasteiger charge is -2.12. The average molecular weight is 307 g/mol. The number of hydrogen-bond acceptors (Lipinski definition) is 5. The molecule has 0 bridgehead atoms. The van der Waals surface area contributed by atoms with Crippen LogP contribution in [-0.4, -0.2) is 23.0 Å². The Labute approximate surface area is 127 Å². The normalized spacial score (nSPS) is 11.8. The molecule has 2 rings (SSSR count). The van der Waals surface area contributed by atoms with Crippen LogP contribution in [0, 0.1) is 0 Å². The first kappa shape index (κ1) is 15.1. The summed E-state index contributed by atoms with van der Waals surface area (Å²) in [6, 6.07) is 8.61. The van der Waals surface area contributed by atoms with E-state index in [9.17, 15) is 4.79 Å². The smallest absolute Gasteiger partial charge is 0.234 e. The van der Waals surface area contributed by atoms with Crippen molar-refractivity contribution < 1.29 is 9.53 Å². The van der Waals surface area contributed by atoms with Gasteiger partial charge < -0.3 is 10.5 Å². The van der Waals surface area contributed by atoms with Crippen molar-refractivity contribution in [2.75, 3.05) is 18.2 Å². The third-order valence-corrected chi connectivity index (χ3v) is 3.11. The summed E-state index contributed by atoms with van der Waals surface area (Å²) in [7, 11) is 1.46. The zero-order valence-corrected chi connectivity index (χ0v) is 12.4. The maximum atomic E-state index is 12.2. The Bertz CT molecular complexity index is 663. The zero-order valence-electron chi connectivity index (χ0n) is 11.6. The van der Waals surface area contributed by atoms with Crippen molar-refractivity contribution in [2.45, 2.75) is 12.8 Å². The van der Waals surface area contributed by atoms with Crippen LogP contribution in [0.25, 0.3) is 0 Å². The second-order valence-electron chi connectivity index (χ2n) is 4.44. The third kappa shape index (κ3) is 3.82. The monoisotopic (exact) mass is 306 g/mol. The Balaban J connectivity index is 2.16. The molecule has 0 saturated heterocycles. The number of hydrogen-bond donors (Lipinski definition) is 2. The number of nitrogens with two attached hydrogens (primary N) is 1. The predicted molar refractivity (Wildman–Crippen MR) is 81.5 cm³/mol. The Kier molecular flexibility index (Phi) is 4.59. The van der Waals surface area contributed by atoms with Crippen molar-refractivity contribution >= 4 is 29.1 Å². The van der Waals surface area contributed by atoms with Gasteiger partial charge in [-0.15, -0.1) is 0 Å². The van der Waals surface area contributed by atoms with Gasteiger partial charge >= 0.3 is 0 Å². The number of amides is 1. The van der Waals surface area contributed by atoms with Gasteiger partial charge in [-0.05, 0) is 24.6 Å². The Hall–Kier alpha value is -2.34. The van der Waals surface area contributed by atoms with Gasteiger partial charge in [0.1, 0.15) is 5.15 Å². The molecule has 1 aromatic carbocycles. The number of methoxy groups -OCH3 is 1. The second kappa shape index (κ2) is 6.41. The van der Waals surface area contributed by atoms with E-state index in [0.29, 0.717) is 5.69 Å². The van der Waals surface area contributed by atoms with Crippen LogP contribution in [-0.2, 0) is 4.79 Å². The van der Waals surface area contributed by atoms with Crippen molar-refractivity contribution in [2.24, 2.45) is 0 Å². The van der Waals surface area contributed by atoms with Crippen LogP contribution in [0.4, 0.5) is 11.6 Å². The van der Waals surface area contributed by atoms with E-state index >= 15 is 0 Å². The molecule has 0 radical (unpaired) electrons. The predicted octanol–water partition coefficient (Wildman–Crippen LogP) is 2.46. The van der Waals surface area contributed by atoms with Crippen LogP contribution < -0.4 is 15.8 Å². The maximum Gasteiger partial charge on any atom is 0.234 e. The van der Waals surface area contributed by atoms with Gasteiger partial charge in [-0.3, -0.25) is 10.1 Å². The van der Waals surface area contributed by atoms with E-state index in [4.69, 9.17) is 22.1 Å². The quantitative estimate of drug-likeness (QED) is 0.669. The first-order valence-corrected chi connectivity index (χ1v) is 6.62. The molecule has 6 nitrogen and oxygen atoms in total. The molecule has 1 unspecified atom stereocenters. The molecule has 1 aromatic heterocycles. The van der Waals surface area contributed by atoms with E-state index in [2.05, 4.69) is 15.3 Å². The van der Waals surface area contributed by atoms with Crippen LogP contribution >= 0.6 is 11.6 Å². The van der Waals surface area contributed by atoms with Crippen molar-refractivity contribution in [1.82, 2.24) is 9.97 Å². The minimum atomic E-state index is -0.401. The van der Waals surface area contributed by atoms with Crippen molar-refractivity contribution in [1.29, 1.82) is 0 Å². The van der Waals surface area contributed by atoms with Crippen molar-refractivity contribution in [3.63, 3.8) is 0 Å². The number of aromatic nitrogens is 2. The van der Waals surface area contributed by atoms with Gasteiger partial charge in [-0.2, -0.15) is 4.98 Å². The third-order valence-electron chi connectivity index (χ3n) is 2.92. The number of nitrogen functional groups attached to an aromatic ring is 1. The fourth-order valence-electron chi connectivity index (χ4n) is 1.76. The molecule has 0 saturated carbocycles. The molecule has 3 N–H and O–H groups in total. The van der Waals surface area contributed by atoms with E-state index in [1.54, 1.807) is 25.1 Å². The van der Waals surface area contributed by atoms with Crippen LogP contribution in [0.3, 0.4) is 0 Å². The Morgan fingerprint density at radius 3 is 2.81 bits per heavy atom. The van der Waals surface area contributed by atoms with E-state index in [1.807, 2.05) is 6.07 Å². The molecule has 0 spiro atoms. The second-order valence-corrected chi connectivity index (χ2v) is 4.82. The molecule has 2 aromatic rings. The zero-order chi connectivity index (χ0) is 15.4. The molecular weight excluding hydrogens is 292 g/mol. The van der Waals surface area contributed by atoms with E-state index in [-0.39, 0.29) is 22.9 Å². The number of benzene rings is 1. The van der Waals surface area contributed by atoms with Crippen LogP contribution in [0.1, 0.15) is 18.4 Å². The highest BCUT2D eigenvalue weighted by Gasteiger charge is 2.17. The first-order chi connectivity index (χ1) is 9.99. The molecule has 0 aliphatic rings. The van der Waals surface area contributed by atoms with Crippen LogP contribution in [0.15, 0.2) is 30.3 Å². The fourth-order valence-corrected chi connectivity index (χ4v) is 1.93. The lowest BCUT2D eigenvalue weighted by atomic mass is 10.00. The van der Waals surface area contributed by atoms with Crippen molar-refractivity contribution in [3.05, 3.63) is 41.0 Å². The minimum Gasteiger partial charge on any atom is -0.481 e. The molecule has 110 valence electrons. The van der Waals surface area contributed by atoms with Crippen LogP contribution in [0.2, 0.25) is 5.15 Å². The number of ether oxygens (including phenoxy) is 1. The molecule has 0 fully saturated rings. The van der Waals surface area contributed by atoms with Gasteiger partial charge in [0.25, 0.3) is 0 Å². The van der Waals surface area contributed by atoms with E-state index < -0.39 is 5.92 Å². The number of carbonyl (C=O) groups excluding carboxylic acids is 1. The molecule has 1 amide bonds. The van der Waals surface area contributed by atoms with Crippen LogP contribution in [0.5, 0.6) is 5.88 Å². The summed E-state index contributed by atoms with van der Waals surface area (Å²) in [5, 5.41) is 2.80. The number of carbonyl (C=O) groups is 1. The number of anilines is 2. The molecular formula is C14H15ClN4O2. The maximum absolute atomic E-state index is 12.2. The Morgan fingerprint density at radius 1 is 1.38 bits per heavy atom. The van der Waals surface area contributed by atoms with Gasteiger partial charge in [-0.25, -0.2) is 4.98 Å². The highest BCUT2D eigenvalue weighted by Crippen LogP contribution is 2.20. The molecule has 1 atom stereocenters. The highest BCUT2D eigenvalue weighted by molar-refractivity contribution is 6.29. The largest absolute Gasteiger partial charge is 0.481 e. The average Bonchev–Trinajstić information content (AvgIpc) is 2.45. The van der Waals surface area contributed by atoms with Gasteiger partial charge in [0, 0.05) is 11.8 Å². The number of nitrogens with one attached hydrogen (secondary N) is 1. The number of rotatable bonds is 4. The van der Waals surface area contributed by atoms with Gasteiger partial charge in [0.05, 0.1) is 13.0 Å². The summed E-state index contributed by atoms with van der Waals surface area (Å²) < 4.78 is 4.97. The topological polar surface area (TPSA) is 90.1 Å². The summed E-state index contributed by atoms with van der Waals surface area (Å²) in [5.74, 6) is -0.283. The fraction of sp³-hybridized carbons (Fsp3) is 0.214. The summed E-state index contributed by atoms with van der Waals surface area (Å²) in [6.07, 6.45) is 0. The van der Waals surface area contributed by atoms with Gasteiger partial charge in [0.15, 0.2) is 0 Å². The van der Waals surface area contributed by atoms with Crippen molar-refractivity contribution in [3.8, 4) is 5.88 Å². The van der Waals surface area contributed by atoms with Gasteiger partial charge in [0.2, 0.25) is 17.7 Å². The number of nitrogens with zero attached hydrogens (tertiary/aromatic N) is 2.